The van der Waals surface area contributed by atoms with E-state index in [1.807, 2.05) is 0 Å². The molecule has 12 heteroatoms. The van der Waals surface area contributed by atoms with Crippen LogP contribution in [-0.2, 0) is 24.6 Å². The summed E-state index contributed by atoms with van der Waals surface area (Å²) in [5.74, 6) is 0. The number of alkyl halides is 3. The number of hydrogen-bond acceptors (Lipinski definition) is 4. The van der Waals surface area contributed by atoms with Crippen LogP contribution in [0.2, 0.25) is 0 Å². The molecule has 1 aromatic carbocycles. The molecule has 4 nitrogen and oxygen atoms in total. The highest BCUT2D eigenvalue weighted by molar-refractivity contribution is 9.08. The van der Waals surface area contributed by atoms with Gasteiger partial charge in [0, 0.05) is 24.0 Å². The molecule has 0 heterocycles. The lowest BCUT2D eigenvalue weighted by Gasteiger charge is -2.36. The Bertz CT molecular complexity index is 726. The van der Waals surface area contributed by atoms with Gasteiger partial charge in [0.25, 0.3) is 11.4 Å². The van der Waals surface area contributed by atoms with Crippen molar-refractivity contribution in [2.45, 2.75) is 77.6 Å². The number of rotatable bonds is 8. The lowest BCUT2D eigenvalue weighted by molar-refractivity contribution is -0.0213. The van der Waals surface area contributed by atoms with E-state index in [4.69, 9.17) is 9.05 Å². The summed E-state index contributed by atoms with van der Waals surface area (Å²) in [4.78, 5) is 0. The highest BCUT2D eigenvalue weighted by Crippen LogP contribution is 2.69. The number of hydrogen-bond donors (Lipinski definition) is 0. The average Bonchev–Trinajstić information content (AvgIpc) is 2.58. The maximum absolute atomic E-state index is 15.0. The molecular weight excluding hydrogens is 540 g/mol. The Kier molecular flexibility index (Phi) is 11.9. The standard InChI is InChI=1S/C16H24BrF2O3P.C4H10F3NS/c1-14(2,3)21-23(20,22-15(4,5)6)16(18,19)13-9-7-12(11-17)8-10-13;1-3-8(4-2)9(5,6)7/h7-10H,11H2,1-6H3;3-4H2,1-2H3. The third-order valence-electron chi connectivity index (χ3n) is 3.59. The summed E-state index contributed by atoms with van der Waals surface area (Å²) in [6, 6.07) is 5.61. The van der Waals surface area contributed by atoms with E-state index in [1.165, 1.54) is 26.0 Å². The summed E-state index contributed by atoms with van der Waals surface area (Å²) in [6.07, 6.45) is 0. The quantitative estimate of drug-likeness (QED) is 0.176. The Hall–Kier alpha value is -0.190. The van der Waals surface area contributed by atoms with Crippen molar-refractivity contribution in [3.63, 3.8) is 0 Å². The molecule has 190 valence electrons. The second kappa shape index (κ2) is 12.0. The molecule has 1 aromatic rings. The smallest absolute Gasteiger partial charge is 0.298 e. The normalized spacial score (nSPS) is 14.2. The highest BCUT2D eigenvalue weighted by atomic mass is 79.9. The van der Waals surface area contributed by atoms with Gasteiger partial charge in [0.05, 0.1) is 11.2 Å². The second-order valence-corrected chi connectivity index (χ2v) is 12.5. The topological polar surface area (TPSA) is 38.8 Å². The van der Waals surface area contributed by atoms with Gasteiger partial charge in [-0.3, -0.25) is 13.6 Å². The van der Waals surface area contributed by atoms with Crippen LogP contribution in [-0.4, -0.2) is 28.6 Å². The van der Waals surface area contributed by atoms with Gasteiger partial charge in [-0.1, -0.05) is 54.0 Å². The summed E-state index contributed by atoms with van der Waals surface area (Å²) in [5.41, 5.74) is -5.38. The molecule has 0 aliphatic rings. The minimum absolute atomic E-state index is 0.0648. The summed E-state index contributed by atoms with van der Waals surface area (Å²) in [6.45, 7) is 12.5. The van der Waals surface area contributed by atoms with Gasteiger partial charge in [0.15, 0.2) is 0 Å². The molecule has 0 saturated heterocycles. The van der Waals surface area contributed by atoms with Gasteiger partial charge in [-0.15, -0.1) is 11.7 Å². The molecule has 0 spiro atoms. The van der Waals surface area contributed by atoms with Crippen LogP contribution < -0.4 is 0 Å². The molecule has 0 N–H and O–H groups in total. The zero-order chi connectivity index (χ0) is 25.6. The van der Waals surface area contributed by atoms with E-state index in [-0.39, 0.29) is 18.7 Å². The monoisotopic (exact) mass is 573 g/mol. The Balaban J connectivity index is 0.000000900. The highest BCUT2D eigenvalue weighted by Gasteiger charge is 2.58. The molecule has 0 radical (unpaired) electrons. The van der Waals surface area contributed by atoms with Gasteiger partial charge in [-0.2, -0.15) is 13.1 Å². The van der Waals surface area contributed by atoms with E-state index in [2.05, 4.69) is 15.9 Å². The Morgan fingerprint density at radius 2 is 1.28 bits per heavy atom. The van der Waals surface area contributed by atoms with Gasteiger partial charge in [0.1, 0.15) is 0 Å². The summed E-state index contributed by atoms with van der Waals surface area (Å²) < 4.78 is 89.2. The van der Waals surface area contributed by atoms with Gasteiger partial charge >= 0.3 is 13.3 Å². The zero-order valence-electron chi connectivity index (χ0n) is 19.7. The lowest BCUT2D eigenvalue weighted by atomic mass is 10.1. The van der Waals surface area contributed by atoms with Crippen molar-refractivity contribution >= 4 is 34.9 Å². The minimum Gasteiger partial charge on any atom is -0.298 e. The van der Waals surface area contributed by atoms with Gasteiger partial charge in [0.2, 0.25) is 0 Å². The second-order valence-electron chi connectivity index (χ2n) is 8.77. The van der Waals surface area contributed by atoms with Crippen molar-refractivity contribution in [1.29, 1.82) is 0 Å². The molecule has 0 aliphatic carbocycles. The fraction of sp³-hybridized carbons (Fsp3) is 0.700. The Morgan fingerprint density at radius 1 is 0.906 bits per heavy atom. The Morgan fingerprint density at radius 3 is 1.50 bits per heavy atom. The molecule has 0 saturated carbocycles. The summed E-state index contributed by atoms with van der Waals surface area (Å²) in [7, 11) is -4.76. The van der Waals surface area contributed by atoms with E-state index < -0.39 is 35.8 Å². The molecule has 1 rings (SSSR count). The van der Waals surface area contributed by atoms with Crippen LogP contribution in [0.3, 0.4) is 0 Å². The third-order valence-corrected chi connectivity index (χ3v) is 7.86. The molecule has 0 unspecified atom stereocenters. The van der Waals surface area contributed by atoms with Crippen LogP contribution in [0.1, 0.15) is 66.5 Å². The SMILES string of the molecule is CC(C)(C)OP(=O)(OC(C)(C)C)C(F)(F)c1ccc(CBr)cc1.CCN(CC)S(F)(F)F. The first-order valence-corrected chi connectivity index (χ1v) is 13.9. The molecule has 0 fully saturated rings. The first-order valence-electron chi connectivity index (χ1n) is 9.94. The van der Waals surface area contributed by atoms with E-state index >= 15 is 0 Å². The van der Waals surface area contributed by atoms with Crippen molar-refractivity contribution in [1.82, 2.24) is 4.31 Å². The summed E-state index contributed by atoms with van der Waals surface area (Å²) >= 11 is -1.67. The maximum atomic E-state index is 15.0. The minimum atomic E-state index is -4.93. The fourth-order valence-corrected chi connectivity index (χ4v) is 5.46. The predicted molar refractivity (Wildman–Crippen MR) is 126 cm³/mol. The van der Waals surface area contributed by atoms with Gasteiger partial charge in [-0.05, 0) is 47.1 Å². The van der Waals surface area contributed by atoms with Crippen molar-refractivity contribution in [2.75, 3.05) is 13.1 Å². The lowest BCUT2D eigenvalue weighted by Crippen LogP contribution is -2.30. The van der Waals surface area contributed by atoms with Crippen LogP contribution in [0.4, 0.5) is 20.4 Å². The molecule has 0 atom stereocenters. The van der Waals surface area contributed by atoms with Crippen LogP contribution in [0, 0.1) is 0 Å². The van der Waals surface area contributed by atoms with Crippen LogP contribution in [0.15, 0.2) is 24.3 Å². The van der Waals surface area contributed by atoms with Crippen molar-refractivity contribution in [3.05, 3.63) is 35.4 Å². The average molecular weight is 574 g/mol. The number of benzene rings is 1. The van der Waals surface area contributed by atoms with Crippen LogP contribution >= 0.6 is 34.9 Å². The van der Waals surface area contributed by atoms with Gasteiger partial charge < -0.3 is 0 Å². The molecule has 32 heavy (non-hydrogen) atoms. The van der Waals surface area contributed by atoms with Gasteiger partial charge in [-0.25, -0.2) is 0 Å². The van der Waals surface area contributed by atoms with E-state index in [0.29, 0.717) is 9.64 Å². The zero-order valence-corrected chi connectivity index (χ0v) is 23.0. The molecular formula is C20H34BrF5NO3PS. The maximum Gasteiger partial charge on any atom is 0.405 e. The van der Waals surface area contributed by atoms with Crippen molar-refractivity contribution in [2.24, 2.45) is 0 Å². The molecule has 0 bridgehead atoms. The fourth-order valence-electron chi connectivity index (χ4n) is 2.32. The van der Waals surface area contributed by atoms with Crippen molar-refractivity contribution in [3.8, 4) is 0 Å². The molecule has 0 aromatic heterocycles. The largest absolute Gasteiger partial charge is 0.405 e. The molecule has 0 amide bonds. The third kappa shape index (κ3) is 10.4. The first-order chi connectivity index (χ1) is 14.2. The first kappa shape index (κ1) is 31.8. The summed E-state index contributed by atoms with van der Waals surface area (Å²) in [5, 5.41) is 0.549. The van der Waals surface area contributed by atoms with Crippen molar-refractivity contribution < 1.29 is 34.1 Å². The van der Waals surface area contributed by atoms with E-state index in [0.717, 1.165) is 5.56 Å². The number of nitrogens with zero attached hydrogens (tertiary/aromatic N) is 1. The molecule has 0 aliphatic heterocycles. The number of halogens is 6. The van der Waals surface area contributed by atoms with E-state index in [1.54, 1.807) is 53.7 Å². The van der Waals surface area contributed by atoms with Crippen LogP contribution in [0.5, 0.6) is 0 Å². The predicted octanol–water partition coefficient (Wildman–Crippen LogP) is 9.16. The van der Waals surface area contributed by atoms with E-state index in [9.17, 15) is 25.0 Å². The Labute approximate surface area is 199 Å². The van der Waals surface area contributed by atoms with Crippen LogP contribution in [0.25, 0.3) is 0 Å².